The summed E-state index contributed by atoms with van der Waals surface area (Å²) in [6, 6.07) is 5.35. The Morgan fingerprint density at radius 2 is 2.00 bits per heavy atom. The van der Waals surface area contributed by atoms with Gasteiger partial charge in [0.1, 0.15) is 5.82 Å². The minimum Gasteiger partial charge on any atom is -0.396 e. The highest BCUT2D eigenvalue weighted by atomic mass is 32.2. The lowest BCUT2D eigenvalue weighted by atomic mass is 9.74. The van der Waals surface area contributed by atoms with Crippen molar-refractivity contribution in [1.82, 2.24) is 9.21 Å². The van der Waals surface area contributed by atoms with Gasteiger partial charge in [0.05, 0.1) is 12.9 Å². The fraction of sp³-hybridized carbons (Fsp3) is 0.562. The minimum atomic E-state index is -3.33. The number of piperidine rings is 1. The lowest BCUT2D eigenvalue weighted by molar-refractivity contribution is 0.0129. The third kappa shape index (κ3) is 3.05. The maximum atomic E-state index is 13.0. The molecule has 2 saturated heterocycles. The highest BCUT2D eigenvalue weighted by Gasteiger charge is 2.52. The lowest BCUT2D eigenvalue weighted by Gasteiger charge is -2.43. The number of carbonyl (C=O) groups excluding carboxylic acids is 1. The first-order chi connectivity index (χ1) is 11.2. The first kappa shape index (κ1) is 17.3. The van der Waals surface area contributed by atoms with Gasteiger partial charge in [0.25, 0.3) is 5.91 Å². The number of fused-ring (bicyclic) bond motifs is 1. The van der Waals surface area contributed by atoms with Crippen LogP contribution in [0.5, 0.6) is 0 Å². The highest BCUT2D eigenvalue weighted by molar-refractivity contribution is 7.88. The third-order valence-corrected chi connectivity index (χ3v) is 6.41. The SMILES string of the molecule is CS(=O)(=O)N1C[C@@H]2CCN(C(=O)c3ccc(F)cc3)C[C@]2(CO)C1. The molecule has 0 unspecified atom stereocenters. The number of likely N-dealkylation sites (tertiary alicyclic amines) is 1. The smallest absolute Gasteiger partial charge is 0.253 e. The van der Waals surface area contributed by atoms with Gasteiger partial charge in [0.15, 0.2) is 0 Å². The zero-order chi connectivity index (χ0) is 17.5. The molecule has 132 valence electrons. The van der Waals surface area contributed by atoms with Crippen LogP contribution in [0.4, 0.5) is 4.39 Å². The summed E-state index contributed by atoms with van der Waals surface area (Å²) >= 11 is 0. The van der Waals surface area contributed by atoms with Crippen LogP contribution in [0.25, 0.3) is 0 Å². The van der Waals surface area contributed by atoms with Crippen LogP contribution in [0, 0.1) is 17.2 Å². The zero-order valence-corrected chi connectivity index (χ0v) is 14.3. The monoisotopic (exact) mass is 356 g/mol. The van der Waals surface area contributed by atoms with Crippen molar-refractivity contribution >= 4 is 15.9 Å². The minimum absolute atomic E-state index is 0.0366. The lowest BCUT2D eigenvalue weighted by Crippen LogP contribution is -2.52. The van der Waals surface area contributed by atoms with Gasteiger partial charge >= 0.3 is 0 Å². The number of hydrogen-bond acceptors (Lipinski definition) is 4. The van der Waals surface area contributed by atoms with E-state index in [-0.39, 0.29) is 25.0 Å². The molecule has 0 bridgehead atoms. The first-order valence-corrected chi connectivity index (χ1v) is 9.71. The topological polar surface area (TPSA) is 77.9 Å². The second kappa shape index (κ2) is 6.09. The maximum absolute atomic E-state index is 13.0. The van der Waals surface area contributed by atoms with Gasteiger partial charge in [-0.2, -0.15) is 0 Å². The van der Waals surface area contributed by atoms with Gasteiger partial charge in [-0.25, -0.2) is 17.1 Å². The van der Waals surface area contributed by atoms with E-state index < -0.39 is 21.3 Å². The third-order valence-electron chi connectivity index (χ3n) is 5.20. The molecule has 0 aromatic heterocycles. The molecule has 0 aliphatic carbocycles. The van der Waals surface area contributed by atoms with Crippen molar-refractivity contribution in [3.05, 3.63) is 35.6 Å². The Balaban J connectivity index is 1.81. The molecule has 6 nitrogen and oxygen atoms in total. The molecule has 2 aliphatic heterocycles. The molecule has 0 spiro atoms. The van der Waals surface area contributed by atoms with E-state index in [0.717, 1.165) is 6.26 Å². The van der Waals surface area contributed by atoms with Crippen molar-refractivity contribution in [2.24, 2.45) is 11.3 Å². The molecule has 0 radical (unpaired) electrons. The Morgan fingerprint density at radius 1 is 1.33 bits per heavy atom. The van der Waals surface area contributed by atoms with Crippen LogP contribution in [-0.2, 0) is 10.0 Å². The predicted molar refractivity (Wildman–Crippen MR) is 86.3 cm³/mol. The number of aliphatic hydroxyl groups is 1. The highest BCUT2D eigenvalue weighted by Crippen LogP contribution is 2.42. The summed E-state index contributed by atoms with van der Waals surface area (Å²) in [5.41, 5.74) is -0.238. The largest absolute Gasteiger partial charge is 0.396 e. The van der Waals surface area contributed by atoms with Crippen molar-refractivity contribution in [2.45, 2.75) is 6.42 Å². The number of carbonyl (C=O) groups is 1. The first-order valence-electron chi connectivity index (χ1n) is 7.86. The van der Waals surface area contributed by atoms with Crippen molar-refractivity contribution in [3.63, 3.8) is 0 Å². The molecule has 2 atom stereocenters. The Bertz CT molecular complexity index is 737. The number of halogens is 1. The van der Waals surface area contributed by atoms with E-state index >= 15 is 0 Å². The molecular formula is C16H21FN2O4S. The van der Waals surface area contributed by atoms with E-state index in [2.05, 4.69) is 0 Å². The normalized spacial score (nSPS) is 28.0. The van der Waals surface area contributed by atoms with Crippen LogP contribution < -0.4 is 0 Å². The summed E-state index contributed by atoms with van der Waals surface area (Å²) in [6.45, 7) is 1.24. The molecule has 3 rings (SSSR count). The number of aliphatic hydroxyl groups excluding tert-OH is 1. The summed E-state index contributed by atoms with van der Waals surface area (Å²) in [6.07, 6.45) is 1.80. The molecule has 8 heteroatoms. The molecule has 24 heavy (non-hydrogen) atoms. The molecule has 1 amide bonds. The number of benzene rings is 1. The Labute approximate surface area is 140 Å². The molecule has 1 aromatic rings. The standard InChI is InChI=1S/C16H21FN2O4S/c1-24(22,23)19-8-13-6-7-18(9-16(13,10-19)11-20)15(21)12-2-4-14(17)5-3-12/h2-5,13,20H,6-11H2,1H3/t13-,16+/m0/s1. The fourth-order valence-corrected chi connectivity index (χ4v) is 4.70. The summed E-state index contributed by atoms with van der Waals surface area (Å²) < 4.78 is 38.1. The average molecular weight is 356 g/mol. The second-order valence-electron chi connectivity index (χ2n) is 6.80. The summed E-state index contributed by atoms with van der Waals surface area (Å²) in [7, 11) is -3.33. The van der Waals surface area contributed by atoms with Crippen molar-refractivity contribution in [3.8, 4) is 0 Å². The van der Waals surface area contributed by atoms with Crippen molar-refractivity contribution in [2.75, 3.05) is 39.0 Å². The van der Waals surface area contributed by atoms with Crippen LogP contribution in [0.1, 0.15) is 16.8 Å². The van der Waals surface area contributed by atoms with Gasteiger partial charge in [0.2, 0.25) is 10.0 Å². The molecule has 1 aromatic carbocycles. The second-order valence-corrected chi connectivity index (χ2v) is 8.78. The predicted octanol–water partition coefficient (Wildman–Crippen LogP) is 0.542. The molecule has 2 fully saturated rings. The fourth-order valence-electron chi connectivity index (χ4n) is 3.76. The van der Waals surface area contributed by atoms with Gasteiger partial charge in [-0.1, -0.05) is 0 Å². The summed E-state index contributed by atoms with van der Waals surface area (Å²) in [5, 5.41) is 9.93. The van der Waals surface area contributed by atoms with E-state index in [1.807, 2.05) is 0 Å². The van der Waals surface area contributed by atoms with Gasteiger partial charge in [-0.05, 0) is 36.6 Å². The molecule has 2 aliphatic rings. The Kier molecular flexibility index (Phi) is 4.39. The van der Waals surface area contributed by atoms with Crippen LogP contribution >= 0.6 is 0 Å². The number of rotatable bonds is 3. The van der Waals surface area contributed by atoms with Crippen LogP contribution in [0.15, 0.2) is 24.3 Å². The van der Waals surface area contributed by atoms with Gasteiger partial charge in [-0.3, -0.25) is 4.79 Å². The van der Waals surface area contributed by atoms with E-state index in [1.54, 1.807) is 4.90 Å². The van der Waals surface area contributed by atoms with E-state index in [4.69, 9.17) is 0 Å². The van der Waals surface area contributed by atoms with E-state index in [0.29, 0.717) is 31.6 Å². The van der Waals surface area contributed by atoms with Crippen LogP contribution in [0.2, 0.25) is 0 Å². The quantitative estimate of drug-likeness (QED) is 0.858. The Morgan fingerprint density at radius 3 is 2.58 bits per heavy atom. The van der Waals surface area contributed by atoms with Gasteiger partial charge in [-0.15, -0.1) is 0 Å². The molecule has 1 N–H and O–H groups in total. The average Bonchev–Trinajstić information content (AvgIpc) is 2.94. The van der Waals surface area contributed by atoms with Crippen molar-refractivity contribution in [1.29, 1.82) is 0 Å². The van der Waals surface area contributed by atoms with Crippen LogP contribution in [-0.4, -0.2) is 67.7 Å². The molecular weight excluding hydrogens is 335 g/mol. The number of sulfonamides is 1. The molecule has 0 saturated carbocycles. The van der Waals surface area contributed by atoms with E-state index in [1.165, 1.54) is 28.6 Å². The van der Waals surface area contributed by atoms with Crippen molar-refractivity contribution < 1.29 is 22.7 Å². The number of amides is 1. The summed E-state index contributed by atoms with van der Waals surface area (Å²) in [5.74, 6) is -0.592. The van der Waals surface area contributed by atoms with Gasteiger partial charge in [0, 0.05) is 37.2 Å². The number of hydrogen-bond donors (Lipinski definition) is 1. The molecule has 2 heterocycles. The number of nitrogens with zero attached hydrogens (tertiary/aromatic N) is 2. The van der Waals surface area contributed by atoms with Crippen LogP contribution in [0.3, 0.4) is 0 Å². The Hall–Kier alpha value is -1.51. The summed E-state index contributed by atoms with van der Waals surface area (Å²) in [4.78, 5) is 14.3. The van der Waals surface area contributed by atoms with Gasteiger partial charge < -0.3 is 10.0 Å². The van der Waals surface area contributed by atoms with E-state index in [9.17, 15) is 22.7 Å². The zero-order valence-electron chi connectivity index (χ0n) is 13.5. The maximum Gasteiger partial charge on any atom is 0.253 e.